The number of nitrogens with zero attached hydrogens (tertiary/aromatic N) is 1. The number of carbonyl (C=O) groups excluding carboxylic acids is 1. The third-order valence-corrected chi connectivity index (χ3v) is 3.74. The molecule has 0 aromatic carbocycles. The first-order chi connectivity index (χ1) is 8.04. The van der Waals surface area contributed by atoms with Gasteiger partial charge in [-0.15, -0.1) is 0 Å². The van der Waals surface area contributed by atoms with Crippen molar-refractivity contribution in [3.63, 3.8) is 0 Å². The molecule has 2 aliphatic heterocycles. The molecule has 2 fully saturated rings. The molecular formula is C11H20N2O4. The van der Waals surface area contributed by atoms with Gasteiger partial charge < -0.3 is 20.6 Å². The van der Waals surface area contributed by atoms with Crippen LogP contribution in [0.25, 0.3) is 0 Å². The molecule has 2 heterocycles. The van der Waals surface area contributed by atoms with E-state index in [1.54, 1.807) is 6.92 Å². The summed E-state index contributed by atoms with van der Waals surface area (Å²) in [6.45, 7) is 2.91. The van der Waals surface area contributed by atoms with Crippen molar-refractivity contribution in [3.05, 3.63) is 0 Å². The second-order valence-electron chi connectivity index (χ2n) is 4.85. The van der Waals surface area contributed by atoms with Crippen LogP contribution in [0.1, 0.15) is 19.8 Å². The molecule has 17 heavy (non-hydrogen) atoms. The number of hydrogen-bond acceptors (Lipinski definition) is 5. The maximum absolute atomic E-state index is 11.3. The summed E-state index contributed by atoms with van der Waals surface area (Å²) in [5.74, 6) is -0.139. The van der Waals surface area contributed by atoms with E-state index in [-0.39, 0.29) is 5.91 Å². The topological polar surface area (TPSA) is 93.0 Å². The Morgan fingerprint density at radius 1 is 1.35 bits per heavy atom. The smallest absolute Gasteiger partial charge is 0.220 e. The maximum Gasteiger partial charge on any atom is 0.220 e. The fraction of sp³-hybridized carbons (Fsp3) is 0.909. The molecule has 2 saturated heterocycles. The first kappa shape index (κ1) is 12.8. The lowest BCUT2D eigenvalue weighted by Gasteiger charge is -2.43. The SMILES string of the molecule is CCC(=O)N[C@H]1CN2CCC(O)C2[C@@H](O)[C@@H]1O. The fourth-order valence-corrected chi connectivity index (χ4v) is 2.76. The van der Waals surface area contributed by atoms with E-state index in [2.05, 4.69) is 5.32 Å². The highest BCUT2D eigenvalue weighted by Gasteiger charge is 2.48. The molecule has 98 valence electrons. The van der Waals surface area contributed by atoms with Crippen molar-refractivity contribution in [2.45, 2.75) is 50.2 Å². The predicted molar refractivity (Wildman–Crippen MR) is 60.2 cm³/mol. The zero-order chi connectivity index (χ0) is 12.6. The number of carbonyl (C=O) groups is 1. The molecule has 5 atom stereocenters. The summed E-state index contributed by atoms with van der Waals surface area (Å²) < 4.78 is 0. The van der Waals surface area contributed by atoms with E-state index < -0.39 is 30.4 Å². The number of nitrogens with one attached hydrogen (secondary N) is 1. The Bertz CT molecular complexity index is 299. The minimum Gasteiger partial charge on any atom is -0.391 e. The normalized spacial score (nSPS) is 42.2. The van der Waals surface area contributed by atoms with Gasteiger partial charge in [-0.25, -0.2) is 0 Å². The molecule has 0 bridgehead atoms. The lowest BCUT2D eigenvalue weighted by atomic mass is 9.91. The summed E-state index contributed by atoms with van der Waals surface area (Å²) in [6.07, 6.45) is -1.67. The van der Waals surface area contributed by atoms with Crippen LogP contribution in [-0.2, 0) is 4.79 Å². The van der Waals surface area contributed by atoms with Gasteiger partial charge in [-0.05, 0) is 6.42 Å². The van der Waals surface area contributed by atoms with Crippen LogP contribution in [0.2, 0.25) is 0 Å². The quantitative estimate of drug-likeness (QED) is 0.453. The number of rotatable bonds is 2. The predicted octanol–water partition coefficient (Wildman–Crippen LogP) is -1.95. The van der Waals surface area contributed by atoms with Gasteiger partial charge in [0, 0.05) is 19.5 Å². The van der Waals surface area contributed by atoms with Gasteiger partial charge in [-0.2, -0.15) is 0 Å². The summed E-state index contributed by atoms with van der Waals surface area (Å²) in [5.41, 5.74) is 0. The third-order valence-electron chi connectivity index (χ3n) is 3.74. The Morgan fingerprint density at radius 2 is 2.06 bits per heavy atom. The Morgan fingerprint density at radius 3 is 2.71 bits per heavy atom. The second-order valence-corrected chi connectivity index (χ2v) is 4.85. The van der Waals surface area contributed by atoms with Gasteiger partial charge in [0.2, 0.25) is 5.91 Å². The fourth-order valence-electron chi connectivity index (χ4n) is 2.76. The molecule has 0 spiro atoms. The molecule has 6 heteroatoms. The second kappa shape index (κ2) is 4.89. The van der Waals surface area contributed by atoms with Gasteiger partial charge in [0.25, 0.3) is 0 Å². The lowest BCUT2D eigenvalue weighted by molar-refractivity contribution is -0.129. The largest absolute Gasteiger partial charge is 0.391 e. The van der Waals surface area contributed by atoms with Gasteiger partial charge in [0.05, 0.1) is 24.3 Å². The van der Waals surface area contributed by atoms with Crippen molar-refractivity contribution >= 4 is 5.91 Å². The molecule has 0 radical (unpaired) electrons. The van der Waals surface area contributed by atoms with E-state index in [0.717, 1.165) is 0 Å². The molecular weight excluding hydrogens is 224 g/mol. The molecule has 0 aromatic rings. The molecule has 2 aliphatic rings. The van der Waals surface area contributed by atoms with Crippen LogP contribution in [0.3, 0.4) is 0 Å². The average Bonchev–Trinajstić information content (AvgIpc) is 2.67. The Balaban J connectivity index is 2.05. The van der Waals surface area contributed by atoms with Crippen molar-refractivity contribution in [1.82, 2.24) is 10.2 Å². The highest BCUT2D eigenvalue weighted by molar-refractivity contribution is 5.76. The summed E-state index contributed by atoms with van der Waals surface area (Å²) in [7, 11) is 0. The van der Waals surface area contributed by atoms with Gasteiger partial charge in [-0.3, -0.25) is 9.69 Å². The summed E-state index contributed by atoms with van der Waals surface area (Å²) in [4.78, 5) is 13.3. The minimum absolute atomic E-state index is 0.139. The summed E-state index contributed by atoms with van der Waals surface area (Å²) in [5, 5.41) is 32.3. The third kappa shape index (κ3) is 2.30. The lowest BCUT2D eigenvalue weighted by Crippen LogP contribution is -2.65. The first-order valence-corrected chi connectivity index (χ1v) is 6.12. The summed E-state index contributed by atoms with van der Waals surface area (Å²) >= 11 is 0. The summed E-state index contributed by atoms with van der Waals surface area (Å²) in [6, 6.07) is -0.862. The van der Waals surface area contributed by atoms with Crippen LogP contribution in [0.5, 0.6) is 0 Å². The molecule has 0 aliphatic carbocycles. The van der Waals surface area contributed by atoms with Crippen LogP contribution in [0.15, 0.2) is 0 Å². The van der Waals surface area contributed by atoms with Crippen molar-refractivity contribution in [2.24, 2.45) is 0 Å². The molecule has 4 N–H and O–H groups in total. The van der Waals surface area contributed by atoms with E-state index in [1.165, 1.54) is 0 Å². The first-order valence-electron chi connectivity index (χ1n) is 6.12. The zero-order valence-corrected chi connectivity index (χ0v) is 9.91. The number of aliphatic hydroxyl groups is 3. The van der Waals surface area contributed by atoms with Crippen LogP contribution in [0, 0.1) is 0 Å². The molecule has 0 aromatic heterocycles. The van der Waals surface area contributed by atoms with Gasteiger partial charge in [-0.1, -0.05) is 6.92 Å². The van der Waals surface area contributed by atoms with Gasteiger partial charge >= 0.3 is 0 Å². The monoisotopic (exact) mass is 244 g/mol. The van der Waals surface area contributed by atoms with Crippen LogP contribution >= 0.6 is 0 Å². The van der Waals surface area contributed by atoms with Crippen molar-refractivity contribution in [3.8, 4) is 0 Å². The van der Waals surface area contributed by atoms with E-state index >= 15 is 0 Å². The zero-order valence-electron chi connectivity index (χ0n) is 9.91. The maximum atomic E-state index is 11.3. The highest BCUT2D eigenvalue weighted by atomic mass is 16.3. The Labute approximate surface area is 100 Å². The average molecular weight is 244 g/mol. The molecule has 6 nitrogen and oxygen atoms in total. The van der Waals surface area contributed by atoms with Gasteiger partial charge in [0.15, 0.2) is 0 Å². The van der Waals surface area contributed by atoms with E-state index in [0.29, 0.717) is 25.9 Å². The van der Waals surface area contributed by atoms with Gasteiger partial charge in [0.1, 0.15) is 6.10 Å². The van der Waals surface area contributed by atoms with Crippen molar-refractivity contribution < 1.29 is 20.1 Å². The molecule has 0 saturated carbocycles. The minimum atomic E-state index is -1.01. The molecule has 1 amide bonds. The van der Waals surface area contributed by atoms with Crippen LogP contribution in [-0.4, -0.2) is 69.6 Å². The number of piperidine rings is 1. The van der Waals surface area contributed by atoms with Crippen LogP contribution in [0.4, 0.5) is 0 Å². The van der Waals surface area contributed by atoms with E-state index in [9.17, 15) is 20.1 Å². The van der Waals surface area contributed by atoms with Crippen molar-refractivity contribution in [2.75, 3.05) is 13.1 Å². The van der Waals surface area contributed by atoms with Crippen molar-refractivity contribution in [1.29, 1.82) is 0 Å². The Kier molecular flexibility index (Phi) is 3.67. The van der Waals surface area contributed by atoms with Crippen LogP contribution < -0.4 is 5.32 Å². The number of aliphatic hydroxyl groups excluding tert-OH is 3. The van der Waals surface area contributed by atoms with E-state index in [1.807, 2.05) is 4.90 Å². The molecule has 2 unspecified atom stereocenters. The Hall–Kier alpha value is -0.690. The number of fused-ring (bicyclic) bond motifs is 1. The highest BCUT2D eigenvalue weighted by Crippen LogP contribution is 2.28. The number of hydrogen-bond donors (Lipinski definition) is 4. The molecule has 2 rings (SSSR count). The number of amides is 1. The standard InChI is InChI=1S/C11H20N2O4/c1-2-8(15)12-6-5-13-4-3-7(14)9(13)11(17)10(6)16/h6-7,9-11,14,16-17H,2-5H2,1H3,(H,12,15)/t6-,7?,9?,10+,11+/m0/s1. The van der Waals surface area contributed by atoms with E-state index in [4.69, 9.17) is 0 Å².